The summed E-state index contributed by atoms with van der Waals surface area (Å²) < 4.78 is 51.8. The van der Waals surface area contributed by atoms with Crippen LogP contribution in [0.15, 0.2) is 42.0 Å². The molecule has 1 saturated heterocycles. The number of halogens is 4. The Morgan fingerprint density at radius 2 is 1.87 bits per heavy atom. The van der Waals surface area contributed by atoms with Gasteiger partial charge in [-0.2, -0.15) is 13.2 Å². The molecule has 1 amide bonds. The molecule has 0 aromatic heterocycles. The standard InChI is InChI=1S/C21H18ClF3N2O3/c22-15-1-4-19-13(10-15)9-14(12-30-19)20(28)26-18-3-2-16(11-17(18)21(23,24)25)27-5-7-29-8-6-27/h1-4,9-11H,5-8,12H2,(H,26,28). The van der Waals surface area contributed by atoms with E-state index in [0.29, 0.717) is 48.3 Å². The fourth-order valence-electron chi connectivity index (χ4n) is 3.38. The molecule has 1 N–H and O–H groups in total. The van der Waals surface area contributed by atoms with Crippen LogP contribution in [0.25, 0.3) is 6.08 Å². The zero-order valence-corrected chi connectivity index (χ0v) is 16.5. The summed E-state index contributed by atoms with van der Waals surface area (Å²) in [7, 11) is 0. The molecule has 0 atom stereocenters. The molecular weight excluding hydrogens is 421 g/mol. The summed E-state index contributed by atoms with van der Waals surface area (Å²) in [6.07, 6.45) is -3.06. The van der Waals surface area contributed by atoms with E-state index in [1.807, 2.05) is 4.90 Å². The predicted molar refractivity (Wildman–Crippen MR) is 108 cm³/mol. The molecule has 1 fully saturated rings. The van der Waals surface area contributed by atoms with Gasteiger partial charge in [-0.25, -0.2) is 0 Å². The van der Waals surface area contributed by atoms with E-state index in [-0.39, 0.29) is 17.9 Å². The number of anilines is 2. The minimum Gasteiger partial charge on any atom is -0.488 e. The van der Waals surface area contributed by atoms with Crippen molar-refractivity contribution in [3.05, 3.63) is 58.1 Å². The number of carbonyl (C=O) groups is 1. The number of rotatable bonds is 3. The zero-order chi connectivity index (χ0) is 21.3. The second-order valence-corrected chi connectivity index (χ2v) is 7.36. The summed E-state index contributed by atoms with van der Waals surface area (Å²) >= 11 is 5.96. The Morgan fingerprint density at radius 3 is 2.60 bits per heavy atom. The largest absolute Gasteiger partial charge is 0.488 e. The van der Waals surface area contributed by atoms with Gasteiger partial charge in [0.15, 0.2) is 0 Å². The van der Waals surface area contributed by atoms with Gasteiger partial charge in [-0.15, -0.1) is 0 Å². The van der Waals surface area contributed by atoms with Gasteiger partial charge in [0, 0.05) is 29.4 Å². The lowest BCUT2D eigenvalue weighted by Gasteiger charge is -2.29. The van der Waals surface area contributed by atoms with E-state index in [1.54, 1.807) is 30.3 Å². The minimum absolute atomic E-state index is 0.0479. The molecular formula is C21H18ClF3N2O3. The summed E-state index contributed by atoms with van der Waals surface area (Å²) in [6, 6.07) is 8.86. The number of morpholine rings is 1. The van der Waals surface area contributed by atoms with Crippen molar-refractivity contribution in [3.63, 3.8) is 0 Å². The van der Waals surface area contributed by atoms with Crippen molar-refractivity contribution < 1.29 is 27.4 Å². The van der Waals surface area contributed by atoms with E-state index in [0.717, 1.165) is 6.07 Å². The van der Waals surface area contributed by atoms with Gasteiger partial charge in [-0.1, -0.05) is 11.6 Å². The molecule has 158 valence electrons. The van der Waals surface area contributed by atoms with Crippen LogP contribution in [0.5, 0.6) is 5.75 Å². The average Bonchev–Trinajstić information content (AvgIpc) is 2.73. The molecule has 0 radical (unpaired) electrons. The van der Waals surface area contributed by atoms with Crippen molar-refractivity contribution in [2.75, 3.05) is 43.1 Å². The van der Waals surface area contributed by atoms with Gasteiger partial charge in [0.2, 0.25) is 0 Å². The second kappa shape index (κ2) is 8.20. The van der Waals surface area contributed by atoms with E-state index in [4.69, 9.17) is 21.1 Å². The van der Waals surface area contributed by atoms with Gasteiger partial charge in [-0.05, 0) is 42.5 Å². The third kappa shape index (κ3) is 4.39. The SMILES string of the molecule is O=C(Nc1ccc(N2CCOCC2)cc1C(F)(F)F)C1=Cc2cc(Cl)ccc2OC1. The summed E-state index contributed by atoms with van der Waals surface area (Å²) in [5.41, 5.74) is 0.0306. The van der Waals surface area contributed by atoms with Crippen LogP contribution in [0.1, 0.15) is 11.1 Å². The molecule has 30 heavy (non-hydrogen) atoms. The van der Waals surface area contributed by atoms with E-state index in [1.165, 1.54) is 6.07 Å². The number of amides is 1. The van der Waals surface area contributed by atoms with Crippen LogP contribution in [-0.4, -0.2) is 38.8 Å². The highest BCUT2D eigenvalue weighted by molar-refractivity contribution is 6.30. The lowest BCUT2D eigenvalue weighted by molar-refractivity contribution is -0.136. The third-order valence-corrected chi connectivity index (χ3v) is 5.14. The van der Waals surface area contributed by atoms with Crippen molar-refractivity contribution in [1.29, 1.82) is 0 Å². The van der Waals surface area contributed by atoms with E-state index < -0.39 is 17.6 Å². The highest BCUT2D eigenvalue weighted by Gasteiger charge is 2.35. The first-order valence-corrected chi connectivity index (χ1v) is 9.67. The first-order chi connectivity index (χ1) is 14.3. The number of nitrogens with one attached hydrogen (secondary N) is 1. The maximum absolute atomic E-state index is 13.7. The quantitative estimate of drug-likeness (QED) is 0.760. The molecule has 0 unspecified atom stereocenters. The minimum atomic E-state index is -4.62. The van der Waals surface area contributed by atoms with Crippen molar-refractivity contribution >= 4 is 35.0 Å². The molecule has 2 aliphatic heterocycles. The maximum atomic E-state index is 13.7. The van der Waals surface area contributed by atoms with Crippen LogP contribution >= 0.6 is 11.6 Å². The highest BCUT2D eigenvalue weighted by atomic mass is 35.5. The molecule has 0 aliphatic carbocycles. The lowest BCUT2D eigenvalue weighted by atomic mass is 10.1. The summed E-state index contributed by atoms with van der Waals surface area (Å²) in [5, 5.41) is 2.84. The van der Waals surface area contributed by atoms with Gasteiger partial charge in [0.25, 0.3) is 5.91 Å². The van der Waals surface area contributed by atoms with Crippen LogP contribution in [0, 0.1) is 0 Å². The van der Waals surface area contributed by atoms with Crippen molar-refractivity contribution in [2.45, 2.75) is 6.18 Å². The molecule has 2 heterocycles. The number of carbonyl (C=O) groups excluding carboxylic acids is 1. The highest BCUT2D eigenvalue weighted by Crippen LogP contribution is 2.38. The normalized spacial score (nSPS) is 16.4. The first-order valence-electron chi connectivity index (χ1n) is 9.29. The first kappa shape index (κ1) is 20.6. The smallest absolute Gasteiger partial charge is 0.418 e. The molecule has 9 heteroatoms. The Bertz CT molecular complexity index is 1000. The number of hydrogen-bond donors (Lipinski definition) is 1. The lowest BCUT2D eigenvalue weighted by Crippen LogP contribution is -2.36. The van der Waals surface area contributed by atoms with Gasteiger partial charge < -0.3 is 19.7 Å². The number of ether oxygens (including phenoxy) is 2. The summed E-state index contributed by atoms with van der Waals surface area (Å²) in [6.45, 7) is 1.89. The monoisotopic (exact) mass is 438 g/mol. The van der Waals surface area contributed by atoms with Crippen LogP contribution in [0.2, 0.25) is 5.02 Å². The predicted octanol–water partition coefficient (Wildman–Crippen LogP) is 4.61. The molecule has 2 aromatic carbocycles. The van der Waals surface area contributed by atoms with Gasteiger partial charge in [-0.3, -0.25) is 4.79 Å². The van der Waals surface area contributed by atoms with Crippen LogP contribution in [0.3, 0.4) is 0 Å². The van der Waals surface area contributed by atoms with E-state index >= 15 is 0 Å². The number of fused-ring (bicyclic) bond motifs is 1. The van der Waals surface area contributed by atoms with E-state index in [9.17, 15) is 18.0 Å². The Morgan fingerprint density at radius 1 is 1.10 bits per heavy atom. The van der Waals surface area contributed by atoms with Crippen LogP contribution < -0.4 is 15.0 Å². The Labute approximate surface area is 176 Å². The van der Waals surface area contributed by atoms with Gasteiger partial charge >= 0.3 is 6.18 Å². The van der Waals surface area contributed by atoms with Crippen molar-refractivity contribution in [3.8, 4) is 5.75 Å². The molecule has 0 bridgehead atoms. The molecule has 4 rings (SSSR count). The number of benzene rings is 2. The van der Waals surface area contributed by atoms with Gasteiger partial charge in [0.1, 0.15) is 12.4 Å². The number of hydrogen-bond acceptors (Lipinski definition) is 4. The molecule has 0 spiro atoms. The Balaban J connectivity index is 1.60. The second-order valence-electron chi connectivity index (χ2n) is 6.92. The summed E-state index contributed by atoms with van der Waals surface area (Å²) in [4.78, 5) is 14.5. The summed E-state index contributed by atoms with van der Waals surface area (Å²) in [5.74, 6) is -0.105. The van der Waals surface area contributed by atoms with Crippen molar-refractivity contribution in [1.82, 2.24) is 0 Å². The molecule has 2 aromatic rings. The topological polar surface area (TPSA) is 50.8 Å². The van der Waals surface area contributed by atoms with Crippen molar-refractivity contribution in [2.24, 2.45) is 0 Å². The third-order valence-electron chi connectivity index (χ3n) is 4.91. The fraction of sp³-hybridized carbons (Fsp3) is 0.286. The van der Waals surface area contributed by atoms with E-state index in [2.05, 4.69) is 5.32 Å². The Hall–Kier alpha value is -2.71. The zero-order valence-electron chi connectivity index (χ0n) is 15.8. The Kier molecular flexibility index (Phi) is 5.62. The molecule has 5 nitrogen and oxygen atoms in total. The maximum Gasteiger partial charge on any atom is 0.418 e. The number of nitrogens with zero attached hydrogens (tertiary/aromatic N) is 1. The molecule has 0 saturated carbocycles. The number of alkyl halides is 3. The molecule has 2 aliphatic rings. The van der Waals surface area contributed by atoms with Crippen LogP contribution in [0.4, 0.5) is 24.5 Å². The fourth-order valence-corrected chi connectivity index (χ4v) is 3.56. The average molecular weight is 439 g/mol. The van der Waals surface area contributed by atoms with Crippen LogP contribution in [-0.2, 0) is 15.7 Å². The van der Waals surface area contributed by atoms with Gasteiger partial charge in [0.05, 0.1) is 30.0 Å².